The van der Waals surface area contributed by atoms with Gasteiger partial charge in [-0.3, -0.25) is 0 Å². The van der Waals surface area contributed by atoms with Gasteiger partial charge in [-0.25, -0.2) is 9.59 Å². The number of thiophene rings is 4. The summed E-state index contributed by atoms with van der Waals surface area (Å²) in [6.45, 7) is 4.44. The molecule has 4 nitrogen and oxygen atoms in total. The second kappa shape index (κ2) is 15.3. The van der Waals surface area contributed by atoms with E-state index in [-0.39, 0.29) is 11.1 Å². The van der Waals surface area contributed by atoms with Crippen LogP contribution in [0.1, 0.15) is 95.7 Å². The molecule has 4 heterocycles. The lowest BCUT2D eigenvalue weighted by atomic mass is 9.96. The van der Waals surface area contributed by atoms with E-state index in [0.29, 0.717) is 11.1 Å². The molecule has 0 spiro atoms. The third kappa shape index (κ3) is 7.78. The Morgan fingerprint density at radius 3 is 1.25 bits per heavy atom. The minimum absolute atomic E-state index is 0.113. The Hall–Kier alpha value is -3.04. The Balaban J connectivity index is 1.41. The first-order chi connectivity index (χ1) is 21.4. The largest absolute Gasteiger partial charge is 0.478 e. The number of aryl methyl sites for hydroxylation is 2. The van der Waals surface area contributed by atoms with Crippen molar-refractivity contribution < 1.29 is 19.8 Å². The maximum atomic E-state index is 12.5. The van der Waals surface area contributed by atoms with Gasteiger partial charge in [-0.2, -0.15) is 0 Å². The fourth-order valence-corrected chi connectivity index (χ4v) is 9.69. The summed E-state index contributed by atoms with van der Waals surface area (Å²) >= 11 is 6.58. The zero-order valence-electron chi connectivity index (χ0n) is 25.2. The zero-order chi connectivity index (χ0) is 31.1. The maximum Gasteiger partial charge on any atom is 0.336 e. The summed E-state index contributed by atoms with van der Waals surface area (Å²) in [6.07, 6.45) is 12.0. The van der Waals surface area contributed by atoms with Gasteiger partial charge in [-0.15, -0.1) is 45.3 Å². The lowest BCUT2D eigenvalue weighted by Gasteiger charge is -2.11. The summed E-state index contributed by atoms with van der Waals surface area (Å²) in [5, 5.41) is 20.5. The summed E-state index contributed by atoms with van der Waals surface area (Å²) in [6, 6.07) is 19.6. The molecular weight excluding hydrogens is 625 g/mol. The topological polar surface area (TPSA) is 74.6 Å². The van der Waals surface area contributed by atoms with Crippen molar-refractivity contribution in [2.45, 2.75) is 78.1 Å². The van der Waals surface area contributed by atoms with E-state index in [1.54, 1.807) is 34.8 Å². The Morgan fingerprint density at radius 1 is 0.500 bits per heavy atom. The molecule has 0 unspecified atom stereocenters. The highest BCUT2D eigenvalue weighted by molar-refractivity contribution is 7.24. The highest BCUT2D eigenvalue weighted by Gasteiger charge is 2.23. The van der Waals surface area contributed by atoms with E-state index in [9.17, 15) is 19.8 Å². The Kier molecular flexibility index (Phi) is 11.3. The van der Waals surface area contributed by atoms with Crippen LogP contribution in [0.5, 0.6) is 0 Å². The summed E-state index contributed by atoms with van der Waals surface area (Å²) in [7, 11) is 0. The molecule has 0 bridgehead atoms. The molecule has 0 amide bonds. The third-order valence-corrected chi connectivity index (χ3v) is 12.6. The van der Waals surface area contributed by atoms with Gasteiger partial charge in [0.15, 0.2) is 0 Å². The number of unbranched alkanes of at least 4 members (excludes halogenated alkanes) is 6. The molecule has 0 radical (unpaired) electrons. The normalized spacial score (nSPS) is 11.3. The van der Waals surface area contributed by atoms with Crippen molar-refractivity contribution >= 4 is 57.3 Å². The van der Waals surface area contributed by atoms with E-state index in [2.05, 4.69) is 38.1 Å². The first kappa shape index (κ1) is 32.4. The van der Waals surface area contributed by atoms with E-state index in [0.717, 1.165) is 42.1 Å². The SMILES string of the molecule is CCCCCCc1ccc(-c2ccc(-c3cc(C(=O)O)c(-c4ccc(-c5ccc(CCCCCC)s5)s4)cc3C(=O)O)s2)s1. The molecule has 2 N–H and O–H groups in total. The molecule has 1 aromatic carbocycles. The fraction of sp³-hybridized carbons (Fsp3) is 0.333. The second-order valence-electron chi connectivity index (χ2n) is 11.0. The molecule has 44 heavy (non-hydrogen) atoms. The first-order valence-electron chi connectivity index (χ1n) is 15.4. The molecule has 5 rings (SSSR count). The molecule has 0 aliphatic rings. The molecule has 8 heteroatoms. The van der Waals surface area contributed by atoms with Crippen molar-refractivity contribution in [1.29, 1.82) is 0 Å². The molecule has 0 fully saturated rings. The number of hydrogen-bond donors (Lipinski definition) is 2. The van der Waals surface area contributed by atoms with Gasteiger partial charge in [0.25, 0.3) is 0 Å². The molecule has 4 aromatic heterocycles. The van der Waals surface area contributed by atoms with Crippen LogP contribution in [-0.2, 0) is 12.8 Å². The standard InChI is InChI=1S/C36H38O4S4/c1-3-5-7-9-11-23-13-15-31(41-23)33-19-17-29(43-33)25-21-28(36(39)40)26(22-27(25)35(37)38)30-18-20-34(44-30)32-16-14-24(42-32)12-10-8-6-4-2/h13-22H,3-12H2,1-2H3,(H,37,38)(H,39,40). The second-order valence-corrected chi connectivity index (χ2v) is 15.5. The van der Waals surface area contributed by atoms with Crippen LogP contribution >= 0.6 is 45.3 Å². The summed E-state index contributed by atoms with van der Waals surface area (Å²) in [5.74, 6) is -2.14. The molecule has 5 aromatic rings. The van der Waals surface area contributed by atoms with E-state index in [1.807, 2.05) is 24.3 Å². The number of carboxylic acid groups (broad SMARTS) is 2. The number of rotatable bonds is 16. The summed E-state index contributed by atoms with van der Waals surface area (Å²) in [4.78, 5) is 33.7. The van der Waals surface area contributed by atoms with E-state index >= 15 is 0 Å². The number of carbonyl (C=O) groups is 2. The van der Waals surface area contributed by atoms with E-state index in [1.165, 1.54) is 83.8 Å². The van der Waals surface area contributed by atoms with Crippen LogP contribution in [0.4, 0.5) is 0 Å². The number of hydrogen-bond acceptors (Lipinski definition) is 6. The van der Waals surface area contributed by atoms with Crippen LogP contribution in [0, 0.1) is 0 Å². The molecule has 0 aliphatic carbocycles. The van der Waals surface area contributed by atoms with Crippen LogP contribution in [0.25, 0.3) is 40.4 Å². The average Bonchev–Trinajstić information content (AvgIpc) is 3.83. The molecule has 0 atom stereocenters. The monoisotopic (exact) mass is 662 g/mol. The third-order valence-electron chi connectivity index (χ3n) is 7.72. The number of carboxylic acids is 2. The molecule has 0 saturated heterocycles. The summed E-state index contributed by atoms with van der Waals surface area (Å²) < 4.78 is 0. The summed E-state index contributed by atoms with van der Waals surface area (Å²) in [5.41, 5.74) is 1.10. The van der Waals surface area contributed by atoms with E-state index < -0.39 is 11.9 Å². The molecular formula is C36H38O4S4. The Labute approximate surface area is 275 Å². The highest BCUT2D eigenvalue weighted by Crippen LogP contribution is 2.43. The van der Waals surface area contributed by atoms with Crippen molar-refractivity contribution in [3.63, 3.8) is 0 Å². The van der Waals surface area contributed by atoms with Gasteiger partial charge in [0.05, 0.1) is 11.1 Å². The number of aromatic carboxylic acids is 2. The van der Waals surface area contributed by atoms with Crippen molar-refractivity contribution in [2.24, 2.45) is 0 Å². The van der Waals surface area contributed by atoms with Gasteiger partial charge in [0.2, 0.25) is 0 Å². The average molecular weight is 663 g/mol. The lowest BCUT2D eigenvalue weighted by Crippen LogP contribution is -2.05. The quantitative estimate of drug-likeness (QED) is 0.103. The fourth-order valence-electron chi connectivity index (χ4n) is 5.33. The van der Waals surface area contributed by atoms with Gasteiger partial charge < -0.3 is 10.2 Å². The predicted molar refractivity (Wildman–Crippen MR) is 189 cm³/mol. The minimum atomic E-state index is -1.07. The highest BCUT2D eigenvalue weighted by atomic mass is 32.1. The van der Waals surface area contributed by atoms with Crippen LogP contribution in [0.3, 0.4) is 0 Å². The van der Waals surface area contributed by atoms with Crippen molar-refractivity contribution in [3.8, 4) is 40.4 Å². The van der Waals surface area contributed by atoms with Gasteiger partial charge in [-0.1, -0.05) is 52.4 Å². The molecule has 230 valence electrons. The zero-order valence-corrected chi connectivity index (χ0v) is 28.5. The van der Waals surface area contributed by atoms with Crippen LogP contribution in [0.2, 0.25) is 0 Å². The lowest BCUT2D eigenvalue weighted by molar-refractivity contribution is 0.0682. The van der Waals surface area contributed by atoms with Gasteiger partial charge in [0.1, 0.15) is 0 Å². The van der Waals surface area contributed by atoms with E-state index in [4.69, 9.17) is 0 Å². The van der Waals surface area contributed by atoms with Gasteiger partial charge in [0, 0.05) is 50.1 Å². The Bertz CT molecular complexity index is 1590. The predicted octanol–water partition coefficient (Wildman–Crippen LogP) is 12.2. The Morgan fingerprint density at radius 2 is 0.864 bits per heavy atom. The van der Waals surface area contributed by atoms with Crippen LogP contribution in [-0.4, -0.2) is 22.2 Å². The van der Waals surface area contributed by atoms with Crippen LogP contribution in [0.15, 0.2) is 60.7 Å². The van der Waals surface area contributed by atoms with Crippen LogP contribution < -0.4 is 0 Å². The van der Waals surface area contributed by atoms with Gasteiger partial charge >= 0.3 is 11.9 Å². The van der Waals surface area contributed by atoms with Crippen molar-refractivity contribution in [3.05, 3.63) is 81.5 Å². The minimum Gasteiger partial charge on any atom is -0.478 e. The molecule has 0 aliphatic heterocycles. The van der Waals surface area contributed by atoms with Gasteiger partial charge in [-0.05, 0) is 86.3 Å². The first-order valence-corrected chi connectivity index (χ1v) is 18.7. The van der Waals surface area contributed by atoms with Crippen molar-refractivity contribution in [2.75, 3.05) is 0 Å². The number of benzene rings is 1. The molecule has 0 saturated carbocycles. The maximum absolute atomic E-state index is 12.5. The smallest absolute Gasteiger partial charge is 0.336 e. The van der Waals surface area contributed by atoms with Crippen molar-refractivity contribution in [1.82, 2.24) is 0 Å².